The first-order chi connectivity index (χ1) is 13.4. The van der Waals surface area contributed by atoms with Crippen LogP contribution in [-0.4, -0.2) is 31.7 Å². The largest absolute Gasteiger partial charge is 0.326 e. The van der Waals surface area contributed by atoms with Gasteiger partial charge in [-0.15, -0.1) is 0 Å². The minimum atomic E-state index is -3.48. The summed E-state index contributed by atoms with van der Waals surface area (Å²) in [6.45, 7) is 5.19. The lowest BCUT2D eigenvalue weighted by Crippen LogP contribution is -2.39. The van der Waals surface area contributed by atoms with E-state index in [1.165, 1.54) is 0 Å². The van der Waals surface area contributed by atoms with Crippen LogP contribution < -0.4 is 5.32 Å². The third kappa shape index (κ3) is 4.62. The first-order valence-corrected chi connectivity index (χ1v) is 11.3. The van der Waals surface area contributed by atoms with Crippen molar-refractivity contribution in [1.82, 2.24) is 4.31 Å². The summed E-state index contributed by atoms with van der Waals surface area (Å²) in [7, 11) is -3.48. The van der Waals surface area contributed by atoms with E-state index in [1.807, 2.05) is 37.3 Å². The normalized spacial score (nSPS) is 19.1. The standard InChI is InChI=1S/C22H28N2O3S/c1-3-21(18-9-5-4-6-10-18)22(25)23-19-11-13-20(14-12-19)28(26,27)24-15-7-8-17(2)16-24/h4-6,9-14,17,21H,3,7-8,15-16H2,1-2H3,(H,23,25)/t17-,21+/m1/s1. The maximum absolute atomic E-state index is 12.8. The van der Waals surface area contributed by atoms with Gasteiger partial charge in [-0.2, -0.15) is 4.31 Å². The highest BCUT2D eigenvalue weighted by Crippen LogP contribution is 2.25. The Bertz CT molecular complexity index is 895. The average Bonchev–Trinajstić information content (AvgIpc) is 2.70. The predicted molar refractivity (Wildman–Crippen MR) is 112 cm³/mol. The number of amides is 1. The minimum absolute atomic E-state index is 0.0887. The zero-order valence-corrected chi connectivity index (χ0v) is 17.3. The number of carbonyl (C=O) groups is 1. The molecular formula is C22H28N2O3S. The van der Waals surface area contributed by atoms with Crippen LogP contribution in [0.2, 0.25) is 0 Å². The summed E-state index contributed by atoms with van der Waals surface area (Å²) in [4.78, 5) is 12.9. The van der Waals surface area contributed by atoms with Gasteiger partial charge in [0.2, 0.25) is 15.9 Å². The second-order valence-electron chi connectivity index (χ2n) is 7.50. The number of carbonyl (C=O) groups excluding carboxylic acids is 1. The molecule has 1 amide bonds. The molecule has 28 heavy (non-hydrogen) atoms. The lowest BCUT2D eigenvalue weighted by molar-refractivity contribution is -0.117. The second kappa shape index (κ2) is 8.88. The number of anilines is 1. The molecule has 0 saturated carbocycles. The van der Waals surface area contributed by atoms with Crippen molar-refractivity contribution in [2.24, 2.45) is 5.92 Å². The van der Waals surface area contributed by atoms with E-state index in [9.17, 15) is 13.2 Å². The van der Waals surface area contributed by atoms with Crippen LogP contribution in [0.15, 0.2) is 59.5 Å². The van der Waals surface area contributed by atoms with Crippen molar-refractivity contribution in [3.8, 4) is 0 Å². The van der Waals surface area contributed by atoms with Gasteiger partial charge < -0.3 is 5.32 Å². The molecule has 3 rings (SSSR count). The first-order valence-electron chi connectivity index (χ1n) is 9.88. The molecule has 1 N–H and O–H groups in total. The summed E-state index contributed by atoms with van der Waals surface area (Å²) in [5.74, 6) is 0.0552. The number of sulfonamides is 1. The van der Waals surface area contributed by atoms with E-state index < -0.39 is 10.0 Å². The minimum Gasteiger partial charge on any atom is -0.326 e. The number of benzene rings is 2. The van der Waals surface area contributed by atoms with E-state index in [2.05, 4.69) is 12.2 Å². The van der Waals surface area contributed by atoms with Crippen molar-refractivity contribution in [2.45, 2.75) is 43.9 Å². The number of nitrogens with zero attached hydrogens (tertiary/aromatic N) is 1. The van der Waals surface area contributed by atoms with Gasteiger partial charge in [-0.05, 0) is 55.0 Å². The fraction of sp³-hybridized carbons (Fsp3) is 0.409. The Labute approximate surface area is 167 Å². The van der Waals surface area contributed by atoms with Crippen molar-refractivity contribution in [1.29, 1.82) is 0 Å². The Morgan fingerprint density at radius 3 is 2.43 bits per heavy atom. The van der Waals surface area contributed by atoms with Crippen LogP contribution in [0.1, 0.15) is 44.6 Å². The van der Waals surface area contributed by atoms with Crippen molar-refractivity contribution in [3.05, 3.63) is 60.2 Å². The molecule has 150 valence electrons. The van der Waals surface area contributed by atoms with Crippen LogP contribution in [0, 0.1) is 5.92 Å². The van der Waals surface area contributed by atoms with Gasteiger partial charge in [-0.25, -0.2) is 8.42 Å². The van der Waals surface area contributed by atoms with Gasteiger partial charge in [-0.3, -0.25) is 4.79 Å². The number of hydrogen-bond donors (Lipinski definition) is 1. The molecule has 0 radical (unpaired) electrons. The third-order valence-corrected chi connectivity index (χ3v) is 7.19. The van der Waals surface area contributed by atoms with Gasteiger partial charge in [0.25, 0.3) is 0 Å². The SMILES string of the molecule is CC[C@H](C(=O)Nc1ccc(S(=O)(=O)N2CCC[C@@H](C)C2)cc1)c1ccccc1. The van der Waals surface area contributed by atoms with Crippen molar-refractivity contribution < 1.29 is 13.2 Å². The molecule has 0 bridgehead atoms. The molecule has 1 saturated heterocycles. The number of hydrogen-bond acceptors (Lipinski definition) is 3. The molecule has 1 fully saturated rings. The van der Waals surface area contributed by atoms with Crippen LogP contribution in [0.5, 0.6) is 0 Å². The van der Waals surface area contributed by atoms with E-state index in [4.69, 9.17) is 0 Å². The van der Waals surface area contributed by atoms with Crippen LogP contribution in [0.25, 0.3) is 0 Å². The molecule has 6 heteroatoms. The molecule has 1 aliphatic rings. The Kier molecular flexibility index (Phi) is 6.52. The molecule has 2 aromatic carbocycles. The van der Waals surface area contributed by atoms with E-state index in [-0.39, 0.29) is 16.7 Å². The fourth-order valence-corrected chi connectivity index (χ4v) is 5.31. The lowest BCUT2D eigenvalue weighted by atomic mass is 9.95. The quantitative estimate of drug-likeness (QED) is 0.789. The highest BCUT2D eigenvalue weighted by molar-refractivity contribution is 7.89. The zero-order chi connectivity index (χ0) is 20.1. The second-order valence-corrected chi connectivity index (χ2v) is 9.43. The molecule has 5 nitrogen and oxygen atoms in total. The Balaban J connectivity index is 1.71. The van der Waals surface area contributed by atoms with Gasteiger partial charge in [0.15, 0.2) is 0 Å². The zero-order valence-electron chi connectivity index (χ0n) is 16.5. The summed E-state index contributed by atoms with van der Waals surface area (Å²) in [6, 6.07) is 16.1. The highest BCUT2D eigenvalue weighted by atomic mass is 32.2. The molecule has 0 aliphatic carbocycles. The van der Waals surface area contributed by atoms with Crippen LogP contribution in [-0.2, 0) is 14.8 Å². The lowest BCUT2D eigenvalue weighted by Gasteiger charge is -2.30. The Morgan fingerprint density at radius 1 is 1.14 bits per heavy atom. The maximum Gasteiger partial charge on any atom is 0.243 e. The van der Waals surface area contributed by atoms with E-state index in [0.717, 1.165) is 18.4 Å². The molecule has 2 atom stereocenters. The Hall–Kier alpha value is -2.18. The van der Waals surface area contributed by atoms with Crippen LogP contribution in [0.3, 0.4) is 0 Å². The summed E-state index contributed by atoms with van der Waals surface area (Å²) >= 11 is 0. The van der Waals surface area contributed by atoms with Crippen LogP contribution in [0.4, 0.5) is 5.69 Å². The average molecular weight is 401 g/mol. The summed E-state index contributed by atoms with van der Waals surface area (Å²) < 4.78 is 27.3. The summed E-state index contributed by atoms with van der Waals surface area (Å²) in [5.41, 5.74) is 1.58. The fourth-order valence-electron chi connectivity index (χ4n) is 3.71. The van der Waals surface area contributed by atoms with Crippen LogP contribution >= 0.6 is 0 Å². The van der Waals surface area contributed by atoms with Crippen molar-refractivity contribution in [3.63, 3.8) is 0 Å². The molecule has 1 aliphatic heterocycles. The maximum atomic E-state index is 12.8. The predicted octanol–water partition coefficient (Wildman–Crippen LogP) is 4.24. The van der Waals surface area contributed by atoms with Gasteiger partial charge in [0.05, 0.1) is 10.8 Å². The highest BCUT2D eigenvalue weighted by Gasteiger charge is 2.28. The molecule has 0 unspecified atom stereocenters. The molecular weight excluding hydrogens is 372 g/mol. The van der Waals surface area contributed by atoms with Gasteiger partial charge in [-0.1, -0.05) is 44.2 Å². The molecule has 1 heterocycles. The van der Waals surface area contributed by atoms with Gasteiger partial charge in [0, 0.05) is 18.8 Å². The van der Waals surface area contributed by atoms with E-state index in [0.29, 0.717) is 31.1 Å². The first kappa shape index (κ1) is 20.6. The third-order valence-electron chi connectivity index (χ3n) is 5.31. The molecule has 0 aromatic heterocycles. The van der Waals surface area contributed by atoms with E-state index >= 15 is 0 Å². The number of rotatable bonds is 6. The Morgan fingerprint density at radius 2 is 1.82 bits per heavy atom. The van der Waals surface area contributed by atoms with Crippen molar-refractivity contribution in [2.75, 3.05) is 18.4 Å². The number of nitrogens with one attached hydrogen (secondary N) is 1. The topological polar surface area (TPSA) is 66.5 Å². The summed E-state index contributed by atoms with van der Waals surface area (Å²) in [5, 5.41) is 2.91. The van der Waals surface area contributed by atoms with E-state index in [1.54, 1.807) is 28.6 Å². The van der Waals surface area contributed by atoms with Gasteiger partial charge in [0.1, 0.15) is 0 Å². The van der Waals surface area contributed by atoms with Gasteiger partial charge >= 0.3 is 0 Å². The molecule has 2 aromatic rings. The smallest absolute Gasteiger partial charge is 0.243 e. The molecule has 0 spiro atoms. The summed E-state index contributed by atoms with van der Waals surface area (Å²) in [6.07, 6.45) is 2.65. The van der Waals surface area contributed by atoms with Crippen molar-refractivity contribution >= 4 is 21.6 Å². The monoisotopic (exact) mass is 400 g/mol. The number of piperidine rings is 1.